The molecule has 0 heterocycles. The van der Waals surface area contributed by atoms with Crippen molar-refractivity contribution in [1.29, 1.82) is 0 Å². The molecule has 5 nitrogen and oxygen atoms in total. The Hall–Kier alpha value is 0.380. The fourth-order valence-corrected chi connectivity index (χ4v) is 0.977. The van der Waals surface area contributed by atoms with Gasteiger partial charge in [-0.2, -0.15) is 0 Å². The van der Waals surface area contributed by atoms with Gasteiger partial charge in [0.2, 0.25) is 0 Å². The van der Waals surface area contributed by atoms with Crippen molar-refractivity contribution >= 4 is 24.8 Å². The third kappa shape index (κ3) is 10.9. The first-order valence-corrected chi connectivity index (χ1v) is 4.72. The molecule has 0 aromatic rings. The number of hydrogen-bond acceptors (Lipinski definition) is 5. The van der Waals surface area contributed by atoms with Gasteiger partial charge in [-0.25, -0.2) is 0 Å². The number of halogens is 2. The lowest BCUT2D eigenvalue weighted by Crippen LogP contribution is -2.34. The van der Waals surface area contributed by atoms with Crippen LogP contribution in [-0.2, 0) is 14.2 Å². The van der Waals surface area contributed by atoms with Gasteiger partial charge < -0.3 is 24.4 Å². The maximum atomic E-state index is 8.94. The monoisotopic (exact) mass is 280 g/mol. The molecule has 0 aliphatic heterocycles. The topological polar surface area (TPSA) is 68.2 Å². The van der Waals surface area contributed by atoms with E-state index in [1.165, 1.54) is 7.11 Å². The minimum atomic E-state index is -0.405. The van der Waals surface area contributed by atoms with Crippen LogP contribution in [0.2, 0.25) is 0 Å². The number of rotatable bonds is 9. The molecule has 2 atom stereocenters. The Morgan fingerprint density at radius 2 is 1.50 bits per heavy atom. The third-order valence-electron chi connectivity index (χ3n) is 1.65. The fraction of sp³-hybridized carbons (Fsp3) is 1.00. The highest BCUT2D eigenvalue weighted by Gasteiger charge is 2.15. The highest BCUT2D eigenvalue weighted by atomic mass is 35.5. The summed E-state index contributed by atoms with van der Waals surface area (Å²) in [4.78, 5) is 0. The average molecular weight is 281 g/mol. The molecule has 102 valence electrons. The first kappa shape index (κ1) is 21.6. The lowest BCUT2D eigenvalue weighted by Gasteiger charge is -2.21. The Balaban J connectivity index is -0.000000845. The summed E-state index contributed by atoms with van der Waals surface area (Å²) in [5, 5.41) is 17.8. The van der Waals surface area contributed by atoms with Crippen LogP contribution in [0.4, 0.5) is 0 Å². The van der Waals surface area contributed by atoms with Crippen molar-refractivity contribution in [2.75, 3.05) is 40.1 Å². The van der Waals surface area contributed by atoms with Gasteiger partial charge in [0.1, 0.15) is 12.2 Å². The predicted octanol–water partition coefficient (Wildman–Crippen LogP) is 0.251. The Morgan fingerprint density at radius 3 is 1.88 bits per heavy atom. The van der Waals surface area contributed by atoms with E-state index in [1.807, 2.05) is 6.92 Å². The minimum Gasteiger partial charge on any atom is -0.394 e. The smallest absolute Gasteiger partial charge is 0.104 e. The van der Waals surface area contributed by atoms with E-state index < -0.39 is 12.2 Å². The molecule has 0 bridgehead atoms. The molecule has 0 fully saturated rings. The van der Waals surface area contributed by atoms with Crippen molar-refractivity contribution in [2.24, 2.45) is 0 Å². The predicted molar refractivity (Wildman–Crippen MR) is 65.7 cm³/mol. The summed E-state index contributed by atoms with van der Waals surface area (Å²) in [6.45, 7) is 2.82. The van der Waals surface area contributed by atoms with Crippen LogP contribution in [0.15, 0.2) is 0 Å². The Kier molecular flexibility index (Phi) is 20.8. The molecular formula is C9H22Cl2O5. The first-order valence-electron chi connectivity index (χ1n) is 4.72. The maximum Gasteiger partial charge on any atom is 0.104 e. The van der Waals surface area contributed by atoms with Gasteiger partial charge in [-0.3, -0.25) is 0 Å². The molecule has 0 amide bonds. The molecule has 0 radical (unpaired) electrons. The standard InChI is InChI=1S/C9H20O5.2ClH/c1-3-13-7-9(5-11)14-8(4-10)6-12-2;;/h8-11H,3-7H2,1-2H3;2*1H. The van der Waals surface area contributed by atoms with Gasteiger partial charge in [0.15, 0.2) is 0 Å². The average Bonchev–Trinajstić information content (AvgIpc) is 2.22. The van der Waals surface area contributed by atoms with E-state index in [4.69, 9.17) is 24.4 Å². The van der Waals surface area contributed by atoms with Crippen LogP contribution in [0.3, 0.4) is 0 Å². The van der Waals surface area contributed by atoms with Crippen molar-refractivity contribution in [1.82, 2.24) is 0 Å². The van der Waals surface area contributed by atoms with Gasteiger partial charge in [-0.15, -0.1) is 24.8 Å². The van der Waals surface area contributed by atoms with E-state index in [0.29, 0.717) is 19.8 Å². The molecule has 0 saturated carbocycles. The van der Waals surface area contributed by atoms with Crippen LogP contribution >= 0.6 is 24.8 Å². The maximum absolute atomic E-state index is 8.94. The summed E-state index contributed by atoms with van der Waals surface area (Å²) < 4.78 is 15.3. The van der Waals surface area contributed by atoms with E-state index in [-0.39, 0.29) is 38.0 Å². The summed E-state index contributed by atoms with van der Waals surface area (Å²) in [7, 11) is 1.53. The quantitative estimate of drug-likeness (QED) is 0.634. The van der Waals surface area contributed by atoms with Crippen LogP contribution in [0, 0.1) is 0 Å². The van der Waals surface area contributed by atoms with Crippen molar-refractivity contribution in [3.63, 3.8) is 0 Å². The second-order valence-electron chi connectivity index (χ2n) is 2.86. The number of aliphatic hydroxyl groups excluding tert-OH is 2. The Morgan fingerprint density at radius 1 is 1.00 bits per heavy atom. The SMILES string of the molecule is CCOCC(CO)OC(CO)COC.Cl.Cl. The summed E-state index contributed by atoms with van der Waals surface area (Å²) in [5.41, 5.74) is 0. The Labute approximate surface area is 109 Å². The summed E-state index contributed by atoms with van der Waals surface area (Å²) in [6.07, 6.45) is -0.806. The van der Waals surface area contributed by atoms with E-state index in [0.717, 1.165) is 0 Å². The zero-order chi connectivity index (χ0) is 10.8. The van der Waals surface area contributed by atoms with E-state index in [1.54, 1.807) is 0 Å². The molecule has 0 aliphatic carbocycles. The summed E-state index contributed by atoms with van der Waals surface area (Å²) in [5.74, 6) is 0. The summed E-state index contributed by atoms with van der Waals surface area (Å²) >= 11 is 0. The second kappa shape index (κ2) is 15.4. The molecule has 0 aromatic heterocycles. The van der Waals surface area contributed by atoms with Gasteiger partial charge >= 0.3 is 0 Å². The zero-order valence-corrected chi connectivity index (χ0v) is 11.3. The van der Waals surface area contributed by atoms with E-state index in [9.17, 15) is 0 Å². The van der Waals surface area contributed by atoms with Crippen LogP contribution in [0.25, 0.3) is 0 Å². The van der Waals surface area contributed by atoms with Crippen molar-refractivity contribution < 1.29 is 24.4 Å². The van der Waals surface area contributed by atoms with Crippen LogP contribution < -0.4 is 0 Å². The second-order valence-corrected chi connectivity index (χ2v) is 2.86. The number of hydrogen-bond donors (Lipinski definition) is 2. The number of methoxy groups -OCH3 is 1. The Bertz CT molecular complexity index is 128. The van der Waals surface area contributed by atoms with Crippen molar-refractivity contribution in [3.8, 4) is 0 Å². The van der Waals surface area contributed by atoms with Gasteiger partial charge in [-0.1, -0.05) is 0 Å². The molecule has 7 heteroatoms. The zero-order valence-electron chi connectivity index (χ0n) is 9.63. The van der Waals surface area contributed by atoms with Gasteiger partial charge in [0.25, 0.3) is 0 Å². The summed E-state index contributed by atoms with van der Waals surface area (Å²) in [6, 6.07) is 0. The molecule has 2 unspecified atom stereocenters. The lowest BCUT2D eigenvalue weighted by molar-refractivity contribution is -0.109. The molecule has 0 saturated heterocycles. The molecule has 0 rings (SSSR count). The normalized spacial score (nSPS) is 13.5. The van der Waals surface area contributed by atoms with Crippen LogP contribution in [0.5, 0.6) is 0 Å². The van der Waals surface area contributed by atoms with Crippen LogP contribution in [0.1, 0.15) is 6.92 Å². The van der Waals surface area contributed by atoms with Crippen molar-refractivity contribution in [3.05, 3.63) is 0 Å². The minimum absolute atomic E-state index is 0. The third-order valence-corrected chi connectivity index (χ3v) is 1.65. The van der Waals surface area contributed by atoms with Gasteiger partial charge in [-0.05, 0) is 6.92 Å². The first-order chi connectivity index (χ1) is 6.78. The highest BCUT2D eigenvalue weighted by molar-refractivity contribution is 5.85. The van der Waals surface area contributed by atoms with Crippen LogP contribution in [-0.4, -0.2) is 62.6 Å². The number of aliphatic hydroxyl groups is 2. The highest BCUT2D eigenvalue weighted by Crippen LogP contribution is 2.00. The van der Waals surface area contributed by atoms with E-state index in [2.05, 4.69) is 0 Å². The lowest BCUT2D eigenvalue weighted by atomic mass is 10.3. The van der Waals surface area contributed by atoms with Gasteiger partial charge in [0.05, 0.1) is 26.4 Å². The number of ether oxygens (including phenoxy) is 3. The largest absolute Gasteiger partial charge is 0.394 e. The molecule has 0 aromatic carbocycles. The van der Waals surface area contributed by atoms with E-state index >= 15 is 0 Å². The molecule has 2 N–H and O–H groups in total. The molecule has 0 spiro atoms. The molecule has 16 heavy (non-hydrogen) atoms. The fourth-order valence-electron chi connectivity index (χ4n) is 0.977. The molecule has 0 aliphatic rings. The van der Waals surface area contributed by atoms with Gasteiger partial charge in [0, 0.05) is 13.7 Å². The molecular weight excluding hydrogens is 259 g/mol. The van der Waals surface area contributed by atoms with Crippen molar-refractivity contribution in [2.45, 2.75) is 19.1 Å².